The molecule has 4 N–H and O–H groups in total. The number of fused-ring (bicyclic) bond motifs is 1. The quantitative estimate of drug-likeness (QED) is 0.269. The molecule has 0 atom stereocenters. The molecular formula is C24H22ClN5. The topological polar surface area (TPSA) is 81.7 Å². The highest BCUT2D eigenvalue weighted by Crippen LogP contribution is 2.34. The van der Waals surface area contributed by atoms with E-state index < -0.39 is 0 Å². The van der Waals surface area contributed by atoms with Gasteiger partial charge in [0.2, 0.25) is 5.96 Å². The minimum absolute atomic E-state index is 0.0768. The zero-order valence-electron chi connectivity index (χ0n) is 16.4. The van der Waals surface area contributed by atoms with Gasteiger partial charge in [0.1, 0.15) is 0 Å². The Morgan fingerprint density at radius 1 is 0.900 bits per heavy atom. The Kier molecular flexibility index (Phi) is 5.82. The summed E-state index contributed by atoms with van der Waals surface area (Å²) in [7, 11) is 0. The summed E-state index contributed by atoms with van der Waals surface area (Å²) in [4.78, 5) is 0. The van der Waals surface area contributed by atoms with E-state index in [1.807, 2.05) is 42.5 Å². The van der Waals surface area contributed by atoms with Crippen LogP contribution in [0.15, 0.2) is 89.1 Å². The molecule has 0 saturated carbocycles. The molecule has 4 aromatic rings. The van der Waals surface area contributed by atoms with Gasteiger partial charge in [0.15, 0.2) is 0 Å². The van der Waals surface area contributed by atoms with Crippen molar-refractivity contribution in [1.82, 2.24) is 4.57 Å². The van der Waals surface area contributed by atoms with Gasteiger partial charge in [-0.1, -0.05) is 72.3 Å². The fourth-order valence-electron chi connectivity index (χ4n) is 3.65. The summed E-state index contributed by atoms with van der Waals surface area (Å²) in [6.07, 6.45) is 2.62. The first-order chi connectivity index (χ1) is 14.6. The maximum absolute atomic E-state index is 6.14. The number of nitrogens with zero attached hydrogens (tertiary/aromatic N) is 3. The lowest BCUT2D eigenvalue weighted by Crippen LogP contribution is -2.21. The summed E-state index contributed by atoms with van der Waals surface area (Å²) in [6, 6.07) is 26.6. The molecule has 6 heteroatoms. The first-order valence-corrected chi connectivity index (χ1v) is 10.0. The molecular weight excluding hydrogens is 394 g/mol. The van der Waals surface area contributed by atoms with Gasteiger partial charge in [-0.2, -0.15) is 5.10 Å². The predicted octanol–water partition coefficient (Wildman–Crippen LogP) is 4.81. The van der Waals surface area contributed by atoms with Crippen LogP contribution in [0.1, 0.15) is 11.1 Å². The van der Waals surface area contributed by atoms with Gasteiger partial charge < -0.3 is 16.0 Å². The number of hydrogen-bond donors (Lipinski definition) is 2. The molecule has 0 aliphatic rings. The van der Waals surface area contributed by atoms with E-state index in [1.54, 1.807) is 6.21 Å². The molecule has 0 aliphatic heterocycles. The van der Waals surface area contributed by atoms with Crippen LogP contribution in [-0.4, -0.2) is 16.7 Å². The van der Waals surface area contributed by atoms with Gasteiger partial charge in [-0.25, -0.2) is 0 Å². The van der Waals surface area contributed by atoms with Gasteiger partial charge in [-0.3, -0.25) is 0 Å². The molecule has 0 radical (unpaired) electrons. The van der Waals surface area contributed by atoms with Crippen molar-refractivity contribution >= 4 is 34.7 Å². The summed E-state index contributed by atoms with van der Waals surface area (Å²) in [5.74, 6) is -0.0768. The van der Waals surface area contributed by atoms with Crippen molar-refractivity contribution in [2.24, 2.45) is 21.7 Å². The smallest absolute Gasteiger partial charge is 0.211 e. The van der Waals surface area contributed by atoms with E-state index in [9.17, 15) is 0 Å². The molecule has 0 saturated heterocycles. The van der Waals surface area contributed by atoms with Crippen LogP contribution < -0.4 is 11.5 Å². The maximum Gasteiger partial charge on any atom is 0.211 e. The SMILES string of the molecule is NC(N)=NN=Cc1c(-c2ccc(Cl)cc2)n(CCc2ccccc2)c2ccccc12. The number of benzene rings is 3. The molecule has 150 valence electrons. The summed E-state index contributed by atoms with van der Waals surface area (Å²) in [6.45, 7) is 0.818. The molecule has 30 heavy (non-hydrogen) atoms. The van der Waals surface area contributed by atoms with Crippen molar-refractivity contribution in [3.05, 3.63) is 95.0 Å². The number of nitrogens with two attached hydrogens (primary N) is 2. The molecule has 5 nitrogen and oxygen atoms in total. The predicted molar refractivity (Wildman–Crippen MR) is 126 cm³/mol. The third-order valence-corrected chi connectivity index (χ3v) is 5.21. The number of aryl methyl sites for hydroxylation is 2. The third-order valence-electron chi connectivity index (χ3n) is 4.95. The normalized spacial score (nSPS) is 11.2. The molecule has 0 bridgehead atoms. The highest BCUT2D eigenvalue weighted by atomic mass is 35.5. The Balaban J connectivity index is 1.89. The van der Waals surface area contributed by atoms with Crippen LogP contribution in [0.4, 0.5) is 0 Å². The van der Waals surface area contributed by atoms with Crippen molar-refractivity contribution in [1.29, 1.82) is 0 Å². The van der Waals surface area contributed by atoms with E-state index in [2.05, 4.69) is 51.2 Å². The second-order valence-electron chi connectivity index (χ2n) is 6.94. The molecule has 0 aliphatic carbocycles. The van der Waals surface area contributed by atoms with Gasteiger partial charge in [-0.15, -0.1) is 5.10 Å². The average Bonchev–Trinajstić information content (AvgIpc) is 3.07. The standard InChI is InChI=1S/C24H22ClN5/c25-19-12-10-18(11-13-19)23-21(16-28-29-24(26)27)20-8-4-5-9-22(20)30(23)15-14-17-6-2-1-3-7-17/h1-13,16H,14-15H2,(H4,26,27,29). The highest BCUT2D eigenvalue weighted by molar-refractivity contribution is 6.30. The zero-order chi connectivity index (χ0) is 20.9. The highest BCUT2D eigenvalue weighted by Gasteiger charge is 2.17. The van der Waals surface area contributed by atoms with Gasteiger partial charge in [0, 0.05) is 28.0 Å². The number of hydrogen-bond acceptors (Lipinski definition) is 2. The van der Waals surface area contributed by atoms with Gasteiger partial charge >= 0.3 is 0 Å². The second-order valence-corrected chi connectivity index (χ2v) is 7.38. The number of para-hydroxylation sites is 1. The number of halogens is 1. The third kappa shape index (κ3) is 4.21. The van der Waals surface area contributed by atoms with E-state index in [1.165, 1.54) is 5.56 Å². The molecule has 1 heterocycles. The Morgan fingerprint density at radius 3 is 2.33 bits per heavy atom. The summed E-state index contributed by atoms with van der Waals surface area (Å²) in [5.41, 5.74) is 16.4. The van der Waals surface area contributed by atoms with Crippen LogP contribution >= 0.6 is 11.6 Å². The van der Waals surface area contributed by atoms with Crippen molar-refractivity contribution in [2.45, 2.75) is 13.0 Å². The number of rotatable bonds is 6. The lowest BCUT2D eigenvalue weighted by atomic mass is 10.1. The Bertz CT molecular complexity index is 1200. The lowest BCUT2D eigenvalue weighted by molar-refractivity contribution is 0.729. The van der Waals surface area contributed by atoms with Gasteiger partial charge in [0.05, 0.1) is 11.9 Å². The van der Waals surface area contributed by atoms with Crippen LogP contribution in [0.2, 0.25) is 5.02 Å². The molecule has 0 spiro atoms. The Labute approximate surface area is 180 Å². The largest absolute Gasteiger partial charge is 0.369 e. The minimum atomic E-state index is -0.0768. The second kappa shape index (κ2) is 8.84. The van der Waals surface area contributed by atoms with Gasteiger partial charge in [-0.05, 0) is 35.7 Å². The van der Waals surface area contributed by atoms with Crippen LogP contribution in [0.5, 0.6) is 0 Å². The molecule has 0 fully saturated rings. The Hall–Kier alpha value is -3.57. The van der Waals surface area contributed by atoms with E-state index in [-0.39, 0.29) is 5.96 Å². The van der Waals surface area contributed by atoms with Crippen molar-refractivity contribution < 1.29 is 0 Å². The molecule has 0 unspecified atom stereocenters. The van der Waals surface area contributed by atoms with Crippen LogP contribution in [0.3, 0.4) is 0 Å². The van der Waals surface area contributed by atoms with E-state index in [4.69, 9.17) is 23.1 Å². The number of guanidine groups is 1. The van der Waals surface area contributed by atoms with E-state index >= 15 is 0 Å². The molecule has 0 amide bonds. The van der Waals surface area contributed by atoms with Crippen LogP contribution in [0.25, 0.3) is 22.2 Å². The van der Waals surface area contributed by atoms with Crippen molar-refractivity contribution in [3.8, 4) is 11.3 Å². The van der Waals surface area contributed by atoms with Gasteiger partial charge in [0.25, 0.3) is 0 Å². The van der Waals surface area contributed by atoms with Crippen molar-refractivity contribution in [3.63, 3.8) is 0 Å². The van der Waals surface area contributed by atoms with Crippen molar-refractivity contribution in [2.75, 3.05) is 0 Å². The summed E-state index contributed by atoms with van der Waals surface area (Å²) in [5, 5.41) is 9.67. The molecule has 1 aromatic heterocycles. The van der Waals surface area contributed by atoms with E-state index in [0.29, 0.717) is 5.02 Å². The summed E-state index contributed by atoms with van der Waals surface area (Å²) < 4.78 is 2.32. The molecule has 4 rings (SSSR count). The van der Waals surface area contributed by atoms with Crippen LogP contribution in [0, 0.1) is 0 Å². The monoisotopic (exact) mass is 415 g/mol. The fourth-order valence-corrected chi connectivity index (χ4v) is 3.78. The van der Waals surface area contributed by atoms with Crippen LogP contribution in [-0.2, 0) is 13.0 Å². The summed E-state index contributed by atoms with van der Waals surface area (Å²) >= 11 is 6.14. The average molecular weight is 416 g/mol. The fraction of sp³-hybridized carbons (Fsp3) is 0.0833. The minimum Gasteiger partial charge on any atom is -0.369 e. The lowest BCUT2D eigenvalue weighted by Gasteiger charge is -2.12. The first-order valence-electron chi connectivity index (χ1n) is 9.66. The number of aromatic nitrogens is 1. The Morgan fingerprint density at radius 2 is 1.60 bits per heavy atom. The zero-order valence-corrected chi connectivity index (χ0v) is 17.1. The first kappa shape index (κ1) is 19.7. The van der Waals surface area contributed by atoms with E-state index in [0.717, 1.165) is 40.7 Å². The molecule has 3 aromatic carbocycles. The maximum atomic E-state index is 6.14.